The fourth-order valence-electron chi connectivity index (χ4n) is 3.87. The predicted octanol–water partition coefficient (Wildman–Crippen LogP) is 3.64. The van der Waals surface area contributed by atoms with Crippen LogP contribution in [0.2, 0.25) is 0 Å². The van der Waals surface area contributed by atoms with Gasteiger partial charge in [0, 0.05) is 41.7 Å². The molecule has 2 heterocycles. The highest BCUT2D eigenvalue weighted by Crippen LogP contribution is 2.46. The zero-order chi connectivity index (χ0) is 18.9. The molecule has 3 rings (SSSR count). The topological polar surface area (TPSA) is 68.3 Å². The molecule has 1 aliphatic heterocycles. The molecule has 1 aliphatic carbocycles. The standard InChI is InChI=1S/C21H26N2O3/c1-5-10-26-20(25)17-13(2)23-15-11-21(3,4)12-16(24)19(15)18(17)14-6-8-22-9-7-14/h6-9,18,23H,5,10-12H2,1-4H3. The molecule has 1 aromatic heterocycles. The van der Waals surface area contributed by atoms with Gasteiger partial charge < -0.3 is 10.1 Å². The van der Waals surface area contributed by atoms with Gasteiger partial charge >= 0.3 is 5.97 Å². The fourth-order valence-corrected chi connectivity index (χ4v) is 3.87. The van der Waals surface area contributed by atoms with E-state index in [1.54, 1.807) is 12.4 Å². The summed E-state index contributed by atoms with van der Waals surface area (Å²) < 4.78 is 5.42. The highest BCUT2D eigenvalue weighted by atomic mass is 16.5. The van der Waals surface area contributed by atoms with E-state index in [4.69, 9.17) is 4.74 Å². The van der Waals surface area contributed by atoms with E-state index < -0.39 is 5.92 Å². The van der Waals surface area contributed by atoms with Crippen molar-refractivity contribution in [1.29, 1.82) is 0 Å². The number of carbonyl (C=O) groups excluding carboxylic acids is 2. The minimum absolute atomic E-state index is 0.0911. The average Bonchev–Trinajstić information content (AvgIpc) is 2.58. The summed E-state index contributed by atoms with van der Waals surface area (Å²) in [5, 5.41) is 3.33. The SMILES string of the molecule is CCCOC(=O)C1=C(C)NC2=C(C(=O)CC(C)(C)C2)C1c1ccncc1. The number of rotatable bonds is 4. The number of aromatic nitrogens is 1. The Hall–Kier alpha value is -2.43. The number of ketones is 1. The highest BCUT2D eigenvalue weighted by molar-refractivity contribution is 6.04. The van der Waals surface area contributed by atoms with E-state index in [9.17, 15) is 9.59 Å². The second-order valence-electron chi connectivity index (χ2n) is 7.85. The number of hydrogen-bond donors (Lipinski definition) is 1. The normalized spacial score (nSPS) is 22.0. The largest absolute Gasteiger partial charge is 0.462 e. The Kier molecular flexibility index (Phi) is 4.99. The van der Waals surface area contributed by atoms with Crippen molar-refractivity contribution in [2.45, 2.75) is 52.9 Å². The maximum absolute atomic E-state index is 13.0. The molecule has 0 aromatic carbocycles. The maximum atomic E-state index is 13.0. The molecule has 26 heavy (non-hydrogen) atoms. The van der Waals surface area contributed by atoms with Gasteiger partial charge in [-0.3, -0.25) is 9.78 Å². The molecule has 0 fully saturated rings. The van der Waals surface area contributed by atoms with Crippen LogP contribution in [0.4, 0.5) is 0 Å². The summed E-state index contributed by atoms with van der Waals surface area (Å²) in [6.45, 7) is 8.41. The average molecular weight is 354 g/mol. The van der Waals surface area contributed by atoms with Crippen molar-refractivity contribution >= 4 is 11.8 Å². The summed E-state index contributed by atoms with van der Waals surface area (Å²) in [5.74, 6) is -0.663. The van der Waals surface area contributed by atoms with Crippen LogP contribution in [0, 0.1) is 5.41 Å². The molecular weight excluding hydrogens is 328 g/mol. The van der Waals surface area contributed by atoms with Crippen LogP contribution in [0.25, 0.3) is 0 Å². The number of pyridine rings is 1. The lowest BCUT2D eigenvalue weighted by molar-refractivity contribution is -0.139. The van der Waals surface area contributed by atoms with E-state index in [2.05, 4.69) is 24.1 Å². The van der Waals surface area contributed by atoms with Gasteiger partial charge in [-0.25, -0.2) is 4.79 Å². The van der Waals surface area contributed by atoms with Crippen molar-refractivity contribution in [2.75, 3.05) is 6.61 Å². The molecule has 5 heteroatoms. The van der Waals surface area contributed by atoms with Crippen LogP contribution in [0.1, 0.15) is 58.4 Å². The number of hydrogen-bond acceptors (Lipinski definition) is 5. The monoisotopic (exact) mass is 354 g/mol. The number of nitrogens with one attached hydrogen (secondary N) is 1. The molecule has 0 saturated carbocycles. The van der Waals surface area contributed by atoms with Gasteiger partial charge in [-0.2, -0.15) is 0 Å². The molecule has 0 saturated heterocycles. The summed E-state index contributed by atoms with van der Waals surface area (Å²) in [5.41, 5.74) is 3.72. The first kappa shape index (κ1) is 18.4. The minimum atomic E-state index is -0.401. The molecule has 0 spiro atoms. The predicted molar refractivity (Wildman–Crippen MR) is 99.1 cm³/mol. The Labute approximate surface area is 154 Å². The Morgan fingerprint density at radius 3 is 2.65 bits per heavy atom. The number of dihydropyridines is 1. The van der Waals surface area contributed by atoms with E-state index >= 15 is 0 Å². The molecule has 138 valence electrons. The quantitative estimate of drug-likeness (QED) is 0.836. The van der Waals surface area contributed by atoms with Gasteiger partial charge in [0.05, 0.1) is 12.2 Å². The van der Waals surface area contributed by atoms with E-state index in [1.165, 1.54) is 0 Å². The number of nitrogens with zero attached hydrogens (tertiary/aromatic N) is 1. The molecule has 5 nitrogen and oxygen atoms in total. The van der Waals surface area contributed by atoms with E-state index in [-0.39, 0.29) is 17.2 Å². The third-order valence-corrected chi connectivity index (χ3v) is 4.94. The summed E-state index contributed by atoms with van der Waals surface area (Å²) >= 11 is 0. The number of allylic oxidation sites excluding steroid dienone is 3. The molecule has 2 aliphatic rings. The third-order valence-electron chi connectivity index (χ3n) is 4.94. The van der Waals surface area contributed by atoms with Crippen molar-refractivity contribution in [3.8, 4) is 0 Å². The Morgan fingerprint density at radius 2 is 2.00 bits per heavy atom. The summed E-state index contributed by atoms with van der Waals surface area (Å²) in [6, 6.07) is 3.74. The van der Waals surface area contributed by atoms with Crippen molar-refractivity contribution in [2.24, 2.45) is 5.41 Å². The van der Waals surface area contributed by atoms with Gasteiger partial charge in [-0.05, 0) is 42.9 Å². The lowest BCUT2D eigenvalue weighted by atomic mass is 9.69. The zero-order valence-corrected chi connectivity index (χ0v) is 15.9. The van der Waals surface area contributed by atoms with Crippen LogP contribution in [0.5, 0.6) is 0 Å². The molecule has 1 unspecified atom stereocenters. The van der Waals surface area contributed by atoms with Crippen molar-refractivity contribution in [1.82, 2.24) is 10.3 Å². The Bertz CT molecular complexity index is 791. The molecule has 1 atom stereocenters. The van der Waals surface area contributed by atoms with Crippen molar-refractivity contribution in [3.63, 3.8) is 0 Å². The van der Waals surface area contributed by atoms with Crippen molar-refractivity contribution < 1.29 is 14.3 Å². The van der Waals surface area contributed by atoms with Crippen LogP contribution in [-0.4, -0.2) is 23.3 Å². The first-order valence-corrected chi connectivity index (χ1v) is 9.15. The van der Waals surface area contributed by atoms with Crippen LogP contribution >= 0.6 is 0 Å². The molecule has 1 N–H and O–H groups in total. The Morgan fingerprint density at radius 1 is 1.31 bits per heavy atom. The summed E-state index contributed by atoms with van der Waals surface area (Å²) in [6.07, 6.45) is 5.40. The highest BCUT2D eigenvalue weighted by Gasteiger charge is 2.43. The first-order valence-electron chi connectivity index (χ1n) is 9.15. The summed E-state index contributed by atoms with van der Waals surface area (Å²) in [7, 11) is 0. The second-order valence-corrected chi connectivity index (χ2v) is 7.85. The van der Waals surface area contributed by atoms with E-state index in [1.807, 2.05) is 26.0 Å². The lowest BCUT2D eigenvalue weighted by Crippen LogP contribution is -2.38. The van der Waals surface area contributed by atoms with Gasteiger partial charge in [-0.1, -0.05) is 20.8 Å². The third kappa shape index (κ3) is 3.43. The van der Waals surface area contributed by atoms with Crippen LogP contribution in [-0.2, 0) is 14.3 Å². The van der Waals surface area contributed by atoms with E-state index in [0.29, 0.717) is 24.2 Å². The van der Waals surface area contributed by atoms with Gasteiger partial charge in [0.1, 0.15) is 0 Å². The molecular formula is C21H26N2O3. The molecule has 0 bridgehead atoms. The van der Waals surface area contributed by atoms with Gasteiger partial charge in [0.2, 0.25) is 0 Å². The number of ether oxygens (including phenoxy) is 1. The van der Waals surface area contributed by atoms with Crippen LogP contribution in [0.15, 0.2) is 47.1 Å². The Balaban J connectivity index is 2.11. The first-order chi connectivity index (χ1) is 12.3. The summed E-state index contributed by atoms with van der Waals surface area (Å²) in [4.78, 5) is 29.9. The number of esters is 1. The van der Waals surface area contributed by atoms with E-state index in [0.717, 1.165) is 29.8 Å². The molecule has 1 aromatic rings. The lowest BCUT2D eigenvalue weighted by Gasteiger charge is -2.39. The maximum Gasteiger partial charge on any atom is 0.336 e. The number of carbonyl (C=O) groups is 2. The van der Waals surface area contributed by atoms with Crippen LogP contribution in [0.3, 0.4) is 0 Å². The zero-order valence-electron chi connectivity index (χ0n) is 15.9. The van der Waals surface area contributed by atoms with Crippen molar-refractivity contribution in [3.05, 3.63) is 52.6 Å². The van der Waals surface area contributed by atoms with Gasteiger partial charge in [0.25, 0.3) is 0 Å². The second kappa shape index (κ2) is 7.06. The van der Waals surface area contributed by atoms with Gasteiger partial charge in [0.15, 0.2) is 5.78 Å². The minimum Gasteiger partial charge on any atom is -0.462 e. The van der Waals surface area contributed by atoms with Gasteiger partial charge in [-0.15, -0.1) is 0 Å². The number of Topliss-reactive ketones (excluding diaryl/α,β-unsaturated/α-hetero) is 1. The molecule has 0 amide bonds. The smallest absolute Gasteiger partial charge is 0.336 e. The molecule has 0 radical (unpaired) electrons. The van der Waals surface area contributed by atoms with Crippen LogP contribution < -0.4 is 5.32 Å². The fraction of sp³-hybridized carbons (Fsp3) is 0.476.